The molecule has 2 aromatic rings. The summed E-state index contributed by atoms with van der Waals surface area (Å²) in [7, 11) is 4.66. The van der Waals surface area contributed by atoms with Crippen LogP contribution in [0.1, 0.15) is 33.2 Å². The number of carbonyl (C=O) groups excluding carboxylic acids is 1. The molecule has 0 saturated carbocycles. The van der Waals surface area contributed by atoms with Gasteiger partial charge < -0.3 is 24.4 Å². The second-order valence-corrected chi connectivity index (χ2v) is 7.09. The van der Waals surface area contributed by atoms with Crippen LogP contribution in [0.2, 0.25) is 0 Å². The van der Waals surface area contributed by atoms with Crippen molar-refractivity contribution in [2.75, 3.05) is 41.0 Å². The Bertz CT molecular complexity index is 919. The van der Waals surface area contributed by atoms with Crippen molar-refractivity contribution < 1.29 is 19.0 Å². The first-order valence-electron chi connectivity index (χ1n) is 9.95. The van der Waals surface area contributed by atoms with Gasteiger partial charge in [-0.2, -0.15) is 0 Å². The molecule has 1 aliphatic rings. The van der Waals surface area contributed by atoms with Crippen molar-refractivity contribution in [3.05, 3.63) is 64.7 Å². The number of morpholine rings is 1. The minimum Gasteiger partial charge on any atom is -0.496 e. The van der Waals surface area contributed by atoms with Crippen molar-refractivity contribution in [2.45, 2.75) is 19.6 Å². The monoisotopic (exact) mass is 539 g/mol. The first-order chi connectivity index (χ1) is 14.6. The summed E-state index contributed by atoms with van der Waals surface area (Å²) in [6, 6.07) is 13.8. The average Bonchev–Trinajstić information content (AvgIpc) is 2.79. The van der Waals surface area contributed by atoms with Crippen LogP contribution >= 0.6 is 24.0 Å². The van der Waals surface area contributed by atoms with E-state index in [0.29, 0.717) is 24.5 Å². The summed E-state index contributed by atoms with van der Waals surface area (Å²) in [6.07, 6.45) is 0.00501. The third-order valence-electron chi connectivity index (χ3n) is 5.23. The number of rotatable bonds is 5. The molecular weight excluding hydrogens is 509 g/mol. The van der Waals surface area contributed by atoms with Crippen LogP contribution in [0.5, 0.6) is 5.75 Å². The van der Waals surface area contributed by atoms with Gasteiger partial charge in [0.15, 0.2) is 5.96 Å². The topological polar surface area (TPSA) is 72.4 Å². The summed E-state index contributed by atoms with van der Waals surface area (Å²) in [5.41, 5.74) is 3.76. The molecule has 1 unspecified atom stereocenters. The maximum atomic E-state index is 12.0. The summed E-state index contributed by atoms with van der Waals surface area (Å²) >= 11 is 0. The van der Waals surface area contributed by atoms with Crippen LogP contribution in [0, 0.1) is 6.92 Å². The second kappa shape index (κ2) is 11.9. The quantitative estimate of drug-likeness (QED) is 0.271. The number of benzene rings is 2. The molecule has 1 fully saturated rings. The van der Waals surface area contributed by atoms with Crippen molar-refractivity contribution in [3.8, 4) is 5.75 Å². The molecule has 31 heavy (non-hydrogen) atoms. The zero-order valence-electron chi connectivity index (χ0n) is 18.4. The van der Waals surface area contributed by atoms with E-state index in [0.717, 1.165) is 24.6 Å². The van der Waals surface area contributed by atoms with Crippen LogP contribution in [-0.4, -0.2) is 57.8 Å². The Morgan fingerprint density at radius 1 is 1.26 bits per heavy atom. The number of halogens is 1. The van der Waals surface area contributed by atoms with Crippen molar-refractivity contribution in [2.24, 2.45) is 4.99 Å². The number of hydrogen-bond donors (Lipinski definition) is 1. The normalized spacial score (nSPS) is 16.3. The number of carbonyl (C=O) groups is 1. The highest BCUT2D eigenvalue weighted by Gasteiger charge is 2.25. The predicted molar refractivity (Wildman–Crippen MR) is 131 cm³/mol. The maximum Gasteiger partial charge on any atom is 0.341 e. The van der Waals surface area contributed by atoms with E-state index in [1.54, 1.807) is 19.2 Å². The molecule has 0 aromatic heterocycles. The van der Waals surface area contributed by atoms with Crippen LogP contribution in [0.3, 0.4) is 0 Å². The largest absolute Gasteiger partial charge is 0.496 e. The van der Waals surface area contributed by atoms with Gasteiger partial charge in [0.2, 0.25) is 0 Å². The molecule has 1 heterocycles. The zero-order valence-corrected chi connectivity index (χ0v) is 20.7. The molecule has 0 amide bonds. The molecule has 168 valence electrons. The summed E-state index contributed by atoms with van der Waals surface area (Å²) in [6.45, 7) is 4.74. The van der Waals surface area contributed by atoms with Crippen LogP contribution < -0.4 is 10.1 Å². The third-order valence-corrected chi connectivity index (χ3v) is 5.23. The molecule has 1 atom stereocenters. The Balaban J connectivity index is 0.00000341. The van der Waals surface area contributed by atoms with E-state index in [1.807, 2.05) is 18.2 Å². The van der Waals surface area contributed by atoms with Gasteiger partial charge in [0.1, 0.15) is 17.4 Å². The number of hydrogen-bond acceptors (Lipinski definition) is 5. The average molecular weight is 539 g/mol. The lowest BCUT2D eigenvalue weighted by molar-refractivity contribution is -0.00834. The smallest absolute Gasteiger partial charge is 0.341 e. The summed E-state index contributed by atoms with van der Waals surface area (Å²) < 4.78 is 16.1. The van der Waals surface area contributed by atoms with Gasteiger partial charge in [-0.05, 0) is 35.7 Å². The molecule has 0 aliphatic carbocycles. The van der Waals surface area contributed by atoms with Crippen molar-refractivity contribution in [3.63, 3.8) is 0 Å². The molecule has 8 heteroatoms. The molecule has 1 N–H and O–H groups in total. The zero-order chi connectivity index (χ0) is 21.5. The summed E-state index contributed by atoms with van der Waals surface area (Å²) in [4.78, 5) is 18.7. The highest BCUT2D eigenvalue weighted by atomic mass is 127. The number of esters is 1. The van der Waals surface area contributed by atoms with Gasteiger partial charge >= 0.3 is 5.97 Å². The SMILES string of the molecule is CN=C(NCc1ccc(OC)c(C(=O)OC)c1)N1CCOC(c2ccccc2C)C1.I. The minimum atomic E-state index is -0.424. The van der Waals surface area contributed by atoms with Crippen molar-refractivity contribution >= 4 is 35.9 Å². The molecule has 0 radical (unpaired) electrons. The number of guanidine groups is 1. The fraction of sp³-hybridized carbons (Fsp3) is 0.391. The molecule has 0 bridgehead atoms. The van der Waals surface area contributed by atoms with Gasteiger partial charge in [0, 0.05) is 20.1 Å². The van der Waals surface area contributed by atoms with Gasteiger partial charge in [-0.1, -0.05) is 30.3 Å². The Labute approximate surface area is 200 Å². The van der Waals surface area contributed by atoms with Gasteiger partial charge in [0.25, 0.3) is 0 Å². The van der Waals surface area contributed by atoms with E-state index in [9.17, 15) is 4.79 Å². The van der Waals surface area contributed by atoms with E-state index in [4.69, 9.17) is 14.2 Å². The maximum absolute atomic E-state index is 12.0. The van der Waals surface area contributed by atoms with Gasteiger partial charge in [0.05, 0.1) is 27.4 Å². The third kappa shape index (κ3) is 6.10. The van der Waals surface area contributed by atoms with E-state index in [-0.39, 0.29) is 30.1 Å². The van der Waals surface area contributed by atoms with Crippen LogP contribution in [0.15, 0.2) is 47.5 Å². The molecule has 1 saturated heterocycles. The molecule has 2 aromatic carbocycles. The number of aliphatic imine (C=N–C) groups is 1. The Hall–Kier alpha value is -2.33. The Kier molecular flexibility index (Phi) is 9.57. The predicted octanol–water partition coefficient (Wildman–Crippen LogP) is 3.56. The van der Waals surface area contributed by atoms with E-state index in [2.05, 4.69) is 34.3 Å². The molecular formula is C23H30IN3O4. The van der Waals surface area contributed by atoms with Crippen LogP contribution in [-0.2, 0) is 16.0 Å². The van der Waals surface area contributed by atoms with Gasteiger partial charge in [-0.3, -0.25) is 4.99 Å². The highest BCUT2D eigenvalue weighted by Crippen LogP contribution is 2.25. The number of nitrogens with one attached hydrogen (secondary N) is 1. The summed E-state index contributed by atoms with van der Waals surface area (Å²) in [5, 5.41) is 3.39. The van der Waals surface area contributed by atoms with Crippen molar-refractivity contribution in [1.82, 2.24) is 10.2 Å². The Morgan fingerprint density at radius 3 is 2.71 bits per heavy atom. The lowest BCUT2D eigenvalue weighted by atomic mass is 10.0. The first-order valence-corrected chi connectivity index (χ1v) is 9.95. The lowest BCUT2D eigenvalue weighted by Gasteiger charge is -2.35. The van der Waals surface area contributed by atoms with E-state index < -0.39 is 5.97 Å². The molecule has 0 spiro atoms. The minimum absolute atomic E-state index is 0. The van der Waals surface area contributed by atoms with Gasteiger partial charge in [-0.25, -0.2) is 4.79 Å². The molecule has 1 aliphatic heterocycles. The first kappa shape index (κ1) is 24.9. The molecule has 3 rings (SSSR count). The Morgan fingerprint density at radius 2 is 2.03 bits per heavy atom. The number of ether oxygens (including phenoxy) is 3. The lowest BCUT2D eigenvalue weighted by Crippen LogP contribution is -2.48. The second-order valence-electron chi connectivity index (χ2n) is 7.09. The number of aryl methyl sites for hydroxylation is 1. The number of nitrogens with zero attached hydrogens (tertiary/aromatic N) is 2. The van der Waals surface area contributed by atoms with Gasteiger partial charge in [-0.15, -0.1) is 24.0 Å². The van der Waals surface area contributed by atoms with E-state index in [1.165, 1.54) is 25.3 Å². The van der Waals surface area contributed by atoms with Crippen LogP contribution in [0.4, 0.5) is 0 Å². The molecule has 7 nitrogen and oxygen atoms in total. The fourth-order valence-corrected chi connectivity index (χ4v) is 3.63. The highest BCUT2D eigenvalue weighted by molar-refractivity contribution is 14.0. The fourth-order valence-electron chi connectivity index (χ4n) is 3.63. The standard InChI is InChI=1S/C23H29N3O4.HI/c1-16-7-5-6-8-18(16)21-15-26(11-12-30-21)23(24-2)25-14-17-9-10-20(28-3)19(13-17)22(27)29-4;/h5-10,13,21H,11-12,14-15H2,1-4H3,(H,24,25);1H. The van der Waals surface area contributed by atoms with Crippen LogP contribution in [0.25, 0.3) is 0 Å². The number of methoxy groups -OCH3 is 2. The van der Waals surface area contributed by atoms with E-state index >= 15 is 0 Å². The summed E-state index contributed by atoms with van der Waals surface area (Å²) in [5.74, 6) is 0.865. The van der Waals surface area contributed by atoms with Crippen molar-refractivity contribution in [1.29, 1.82) is 0 Å².